The van der Waals surface area contributed by atoms with E-state index in [-0.39, 0.29) is 18.0 Å². The van der Waals surface area contributed by atoms with Crippen molar-refractivity contribution in [1.82, 2.24) is 15.2 Å². The first-order valence-electron chi connectivity index (χ1n) is 12.7. The molecule has 1 fully saturated rings. The Labute approximate surface area is 230 Å². The first kappa shape index (κ1) is 26.4. The first-order chi connectivity index (χ1) is 19.4. The second kappa shape index (κ2) is 11.7. The molecule has 0 unspecified atom stereocenters. The molecular formula is C29H28N6O5. The zero-order valence-electron chi connectivity index (χ0n) is 21.4. The van der Waals surface area contributed by atoms with E-state index < -0.39 is 12.1 Å². The van der Waals surface area contributed by atoms with Gasteiger partial charge in [0.15, 0.2) is 11.9 Å². The van der Waals surface area contributed by atoms with Gasteiger partial charge in [0.2, 0.25) is 5.89 Å². The van der Waals surface area contributed by atoms with Crippen molar-refractivity contribution in [3.63, 3.8) is 0 Å². The Morgan fingerprint density at radius 3 is 2.25 bits per heavy atom. The van der Waals surface area contributed by atoms with E-state index in [1.807, 2.05) is 6.07 Å². The van der Waals surface area contributed by atoms with Gasteiger partial charge in [0, 0.05) is 41.6 Å². The molecule has 40 heavy (non-hydrogen) atoms. The molecule has 1 saturated heterocycles. The lowest BCUT2D eigenvalue weighted by molar-refractivity contribution is -0.139. The summed E-state index contributed by atoms with van der Waals surface area (Å²) < 4.78 is 5.89. The number of carbonyl (C=O) groups excluding carboxylic acids is 3. The van der Waals surface area contributed by atoms with Gasteiger partial charge < -0.3 is 36.1 Å². The lowest BCUT2D eigenvalue weighted by Crippen LogP contribution is -2.41. The minimum atomic E-state index is -1.22. The zero-order chi connectivity index (χ0) is 28.1. The van der Waals surface area contributed by atoms with Crippen LogP contribution in [0.3, 0.4) is 0 Å². The second-order valence-electron chi connectivity index (χ2n) is 9.36. The van der Waals surface area contributed by atoms with E-state index >= 15 is 0 Å². The van der Waals surface area contributed by atoms with Gasteiger partial charge in [-0.25, -0.2) is 14.6 Å². The van der Waals surface area contributed by atoms with Gasteiger partial charge in [-0.15, -0.1) is 0 Å². The average molecular weight is 541 g/mol. The van der Waals surface area contributed by atoms with E-state index in [0.717, 1.165) is 11.1 Å². The number of nitrogens with zero attached hydrogens (tertiary/aromatic N) is 2. The molecule has 0 spiro atoms. The molecule has 0 radical (unpaired) electrons. The Kier molecular flexibility index (Phi) is 7.74. The monoisotopic (exact) mass is 540 g/mol. The van der Waals surface area contributed by atoms with E-state index in [2.05, 4.69) is 20.9 Å². The van der Waals surface area contributed by atoms with Crippen molar-refractivity contribution in [3.8, 4) is 22.8 Å². The molecular weight excluding hydrogens is 512 g/mol. The van der Waals surface area contributed by atoms with Crippen LogP contribution in [0.25, 0.3) is 22.8 Å². The van der Waals surface area contributed by atoms with Gasteiger partial charge in [-0.3, -0.25) is 4.79 Å². The average Bonchev–Trinajstić information content (AvgIpc) is 3.64. The van der Waals surface area contributed by atoms with Crippen molar-refractivity contribution in [1.29, 1.82) is 0 Å². The van der Waals surface area contributed by atoms with Crippen molar-refractivity contribution >= 4 is 29.3 Å². The molecule has 11 heteroatoms. The van der Waals surface area contributed by atoms with E-state index in [0.29, 0.717) is 48.1 Å². The van der Waals surface area contributed by atoms with Gasteiger partial charge >= 0.3 is 12.1 Å². The lowest BCUT2D eigenvalue weighted by Gasteiger charge is -2.20. The summed E-state index contributed by atoms with van der Waals surface area (Å²) in [6, 6.07) is 21.6. The molecule has 0 aliphatic carbocycles. The molecule has 1 aliphatic rings. The predicted molar refractivity (Wildman–Crippen MR) is 149 cm³/mol. The quantitative estimate of drug-likeness (QED) is 0.238. The minimum absolute atomic E-state index is 0.223. The second-order valence-corrected chi connectivity index (χ2v) is 9.36. The smallest absolute Gasteiger partial charge is 0.319 e. The molecule has 5 amide bonds. The van der Waals surface area contributed by atoms with Crippen LogP contribution in [0, 0.1) is 0 Å². The van der Waals surface area contributed by atoms with Crippen LogP contribution in [0.1, 0.15) is 18.1 Å². The Morgan fingerprint density at radius 1 is 0.925 bits per heavy atom. The van der Waals surface area contributed by atoms with Gasteiger partial charge in [0.1, 0.15) is 0 Å². The number of aliphatic hydroxyl groups excluding tert-OH is 1. The van der Waals surface area contributed by atoms with Crippen LogP contribution in [0.5, 0.6) is 0 Å². The maximum absolute atomic E-state index is 12.7. The molecule has 6 N–H and O–H groups in total. The van der Waals surface area contributed by atoms with Crippen LogP contribution in [0.4, 0.5) is 21.0 Å². The Balaban J connectivity index is 1.13. The molecule has 3 aromatic carbocycles. The zero-order valence-corrected chi connectivity index (χ0v) is 21.4. The Bertz CT molecular complexity index is 1490. The number of benzene rings is 3. The summed E-state index contributed by atoms with van der Waals surface area (Å²) in [6.07, 6.45) is 0.985. The van der Waals surface area contributed by atoms with Gasteiger partial charge in [-0.2, -0.15) is 0 Å². The number of rotatable bonds is 7. The summed E-state index contributed by atoms with van der Waals surface area (Å²) in [6.45, 7) is 0.781. The van der Waals surface area contributed by atoms with Gasteiger partial charge in [-0.05, 0) is 60.5 Å². The maximum atomic E-state index is 12.7. The highest BCUT2D eigenvalue weighted by Crippen LogP contribution is 2.28. The number of hydrogen-bond acceptors (Lipinski definition) is 6. The van der Waals surface area contributed by atoms with E-state index in [4.69, 9.17) is 10.2 Å². The number of hydrogen-bond donors (Lipinski definition) is 5. The summed E-state index contributed by atoms with van der Waals surface area (Å²) in [5, 5.41) is 18.6. The fraction of sp³-hybridized carbons (Fsp3) is 0.172. The van der Waals surface area contributed by atoms with Crippen LogP contribution >= 0.6 is 0 Å². The number of aromatic nitrogens is 1. The maximum Gasteiger partial charge on any atom is 0.319 e. The SMILES string of the molecule is NC(=O)Nc1ccc(-c2ncc(-c3ccc(NC(=O)N[C@@H]4CCN(C(=O)[C@@H](O)c5ccccc5)C4)cc3)o2)cc1. The molecule has 0 saturated carbocycles. The van der Waals surface area contributed by atoms with Crippen LogP contribution < -0.4 is 21.7 Å². The summed E-state index contributed by atoms with van der Waals surface area (Å²) in [5.41, 5.74) is 8.33. The van der Waals surface area contributed by atoms with Crippen molar-refractivity contribution in [3.05, 3.63) is 90.6 Å². The lowest BCUT2D eigenvalue weighted by atomic mass is 10.1. The fourth-order valence-electron chi connectivity index (χ4n) is 4.48. The standard InChI is InChI=1S/C29H28N6O5/c30-28(38)32-21-12-8-20(9-13-21)26-31-16-24(40-26)18-6-10-22(11-7-18)33-29(39)34-23-14-15-35(17-23)27(37)25(36)19-4-2-1-3-5-19/h1-13,16,23,25,36H,14-15,17H2,(H3,30,32,38)(H2,33,34,39)/t23-,25+/m1/s1. The van der Waals surface area contributed by atoms with Crippen LogP contribution in [0.15, 0.2) is 89.5 Å². The third-order valence-corrected chi connectivity index (χ3v) is 6.52. The summed E-state index contributed by atoms with van der Waals surface area (Å²) in [5.74, 6) is 0.598. The molecule has 11 nitrogen and oxygen atoms in total. The topological polar surface area (TPSA) is 163 Å². The van der Waals surface area contributed by atoms with E-state index in [9.17, 15) is 19.5 Å². The molecule has 1 aliphatic heterocycles. The molecule has 4 aromatic rings. The number of anilines is 2. The Hall–Kier alpha value is -5.16. The van der Waals surface area contributed by atoms with E-state index in [1.54, 1.807) is 83.9 Å². The van der Waals surface area contributed by atoms with Crippen molar-refractivity contribution in [2.75, 3.05) is 23.7 Å². The number of carbonyl (C=O) groups is 3. The Morgan fingerprint density at radius 2 is 1.57 bits per heavy atom. The van der Waals surface area contributed by atoms with Crippen molar-refractivity contribution < 1.29 is 23.9 Å². The fourth-order valence-corrected chi connectivity index (χ4v) is 4.48. The molecule has 204 valence electrons. The predicted octanol–water partition coefficient (Wildman–Crippen LogP) is 3.96. The van der Waals surface area contributed by atoms with Crippen LogP contribution in [-0.4, -0.2) is 52.1 Å². The third-order valence-electron chi connectivity index (χ3n) is 6.52. The number of urea groups is 2. The summed E-state index contributed by atoms with van der Waals surface area (Å²) in [7, 11) is 0. The minimum Gasteiger partial charge on any atom is -0.436 e. The van der Waals surface area contributed by atoms with Gasteiger partial charge in [-0.1, -0.05) is 30.3 Å². The third kappa shape index (κ3) is 6.27. The summed E-state index contributed by atoms with van der Waals surface area (Å²) >= 11 is 0. The molecule has 0 bridgehead atoms. The molecule has 1 aromatic heterocycles. The number of nitrogens with one attached hydrogen (secondary N) is 3. The largest absolute Gasteiger partial charge is 0.436 e. The van der Waals surface area contributed by atoms with Crippen LogP contribution in [0.2, 0.25) is 0 Å². The van der Waals surface area contributed by atoms with Crippen molar-refractivity contribution in [2.24, 2.45) is 5.73 Å². The number of oxazole rings is 1. The number of primary amides is 1. The van der Waals surface area contributed by atoms with Gasteiger partial charge in [0.05, 0.1) is 6.20 Å². The van der Waals surface area contributed by atoms with E-state index in [1.165, 1.54) is 0 Å². The van der Waals surface area contributed by atoms with Crippen molar-refractivity contribution in [2.45, 2.75) is 18.6 Å². The summed E-state index contributed by atoms with van der Waals surface area (Å²) in [4.78, 5) is 42.1. The van der Waals surface area contributed by atoms with Crippen LogP contribution in [-0.2, 0) is 4.79 Å². The molecule has 5 rings (SSSR count). The normalized spacial score (nSPS) is 15.3. The number of likely N-dealkylation sites (tertiary alicyclic amines) is 1. The molecule has 2 heterocycles. The highest BCUT2D eigenvalue weighted by Gasteiger charge is 2.31. The highest BCUT2D eigenvalue weighted by atomic mass is 16.4. The number of nitrogens with two attached hydrogens (primary N) is 1. The number of aliphatic hydroxyl groups is 1. The number of amides is 5. The molecule has 2 atom stereocenters. The highest BCUT2D eigenvalue weighted by molar-refractivity contribution is 5.90. The van der Waals surface area contributed by atoms with Gasteiger partial charge in [0.25, 0.3) is 5.91 Å². The first-order valence-corrected chi connectivity index (χ1v) is 12.7.